The lowest BCUT2D eigenvalue weighted by Gasteiger charge is -2.15. The minimum atomic E-state index is -4.35. The Morgan fingerprint density at radius 3 is 2.60 bits per heavy atom. The molecule has 0 fully saturated rings. The number of hydrogen-bond acceptors (Lipinski definition) is 1. The molecule has 1 atom stereocenters. The van der Waals surface area contributed by atoms with Gasteiger partial charge in [-0.1, -0.05) is 6.92 Å². The molecular weight excluding hydrogens is 289 g/mol. The molecule has 0 bridgehead atoms. The van der Waals surface area contributed by atoms with E-state index in [9.17, 15) is 13.2 Å². The lowest BCUT2D eigenvalue weighted by atomic mass is 10.2. The largest absolute Gasteiger partial charge is 0.416 e. The average Bonchev–Trinajstić information content (AvgIpc) is 2.74. The minimum Gasteiger partial charge on any atom is -0.325 e. The number of imidazole rings is 1. The highest BCUT2D eigenvalue weighted by atomic mass is 35.5. The predicted molar refractivity (Wildman–Crippen MR) is 74.2 cm³/mol. The van der Waals surface area contributed by atoms with Crippen LogP contribution in [0.2, 0.25) is 0 Å². The Morgan fingerprint density at radius 1 is 1.35 bits per heavy atom. The van der Waals surface area contributed by atoms with Gasteiger partial charge in [-0.25, -0.2) is 4.98 Å². The Hall–Kier alpha value is -1.23. The number of hydrogen-bond donors (Lipinski definition) is 0. The summed E-state index contributed by atoms with van der Waals surface area (Å²) in [6.45, 7) is 4.06. The van der Waals surface area contributed by atoms with Crippen LogP contribution in [0.5, 0.6) is 0 Å². The van der Waals surface area contributed by atoms with Crippen molar-refractivity contribution in [3.05, 3.63) is 29.6 Å². The number of halogens is 4. The van der Waals surface area contributed by atoms with Crippen molar-refractivity contribution in [2.24, 2.45) is 0 Å². The fourth-order valence-electron chi connectivity index (χ4n) is 2.26. The molecule has 1 aromatic heterocycles. The van der Waals surface area contributed by atoms with Crippen molar-refractivity contribution in [3.8, 4) is 0 Å². The molecule has 0 aliphatic rings. The van der Waals surface area contributed by atoms with Crippen LogP contribution in [0.3, 0.4) is 0 Å². The first-order chi connectivity index (χ1) is 9.38. The van der Waals surface area contributed by atoms with Crippen LogP contribution in [0.25, 0.3) is 11.0 Å². The number of nitrogens with zero attached hydrogens (tertiary/aromatic N) is 2. The van der Waals surface area contributed by atoms with Crippen molar-refractivity contribution < 1.29 is 13.2 Å². The summed E-state index contributed by atoms with van der Waals surface area (Å²) >= 11 is 5.75. The molecule has 20 heavy (non-hydrogen) atoms. The van der Waals surface area contributed by atoms with E-state index in [0.717, 1.165) is 29.9 Å². The Labute approximate surface area is 120 Å². The first-order valence-corrected chi connectivity index (χ1v) is 7.06. The summed E-state index contributed by atoms with van der Waals surface area (Å²) in [7, 11) is 0. The number of rotatable bonds is 4. The first kappa shape index (κ1) is 15.2. The van der Waals surface area contributed by atoms with Crippen LogP contribution in [0.15, 0.2) is 18.2 Å². The van der Waals surface area contributed by atoms with Crippen molar-refractivity contribution in [3.63, 3.8) is 0 Å². The van der Waals surface area contributed by atoms with Crippen molar-refractivity contribution >= 4 is 22.6 Å². The third-order valence-electron chi connectivity index (χ3n) is 3.44. The average molecular weight is 305 g/mol. The van der Waals surface area contributed by atoms with Gasteiger partial charge in [-0.05, 0) is 31.5 Å². The molecule has 110 valence electrons. The molecule has 2 rings (SSSR count). The highest BCUT2D eigenvalue weighted by Gasteiger charge is 2.31. The SMILES string of the molecule is CCC(C)n1c(CCCl)nc2cc(C(F)(F)F)ccc21. The van der Waals surface area contributed by atoms with Gasteiger partial charge < -0.3 is 4.57 Å². The van der Waals surface area contributed by atoms with E-state index in [4.69, 9.17) is 11.6 Å². The van der Waals surface area contributed by atoms with Crippen LogP contribution >= 0.6 is 11.6 Å². The number of benzene rings is 1. The standard InChI is InChI=1S/C14H16ClF3N2/c1-3-9(2)20-12-5-4-10(14(16,17)18)8-11(12)19-13(20)6-7-15/h4-5,8-9H,3,6-7H2,1-2H3. The van der Waals surface area contributed by atoms with Crippen molar-refractivity contribution in [2.45, 2.75) is 38.9 Å². The molecule has 0 spiro atoms. The van der Waals surface area contributed by atoms with Crippen LogP contribution in [0, 0.1) is 0 Å². The highest BCUT2D eigenvalue weighted by molar-refractivity contribution is 6.17. The van der Waals surface area contributed by atoms with E-state index < -0.39 is 11.7 Å². The van der Waals surface area contributed by atoms with Gasteiger partial charge in [-0.3, -0.25) is 0 Å². The quantitative estimate of drug-likeness (QED) is 0.741. The molecule has 0 saturated carbocycles. The maximum absolute atomic E-state index is 12.7. The normalized spacial score (nSPS) is 13.9. The van der Waals surface area contributed by atoms with E-state index in [0.29, 0.717) is 17.8 Å². The lowest BCUT2D eigenvalue weighted by molar-refractivity contribution is -0.137. The molecule has 6 heteroatoms. The first-order valence-electron chi connectivity index (χ1n) is 6.52. The molecule has 0 radical (unpaired) electrons. The lowest BCUT2D eigenvalue weighted by Crippen LogP contribution is -2.09. The van der Waals surface area contributed by atoms with Crippen LogP contribution < -0.4 is 0 Å². The van der Waals surface area contributed by atoms with Gasteiger partial charge in [0, 0.05) is 18.3 Å². The molecule has 0 N–H and O–H groups in total. The topological polar surface area (TPSA) is 17.8 Å². The molecule has 0 aliphatic heterocycles. The van der Waals surface area contributed by atoms with Gasteiger partial charge in [0.25, 0.3) is 0 Å². The van der Waals surface area contributed by atoms with Gasteiger partial charge in [0.2, 0.25) is 0 Å². The Bertz CT molecular complexity index is 604. The number of alkyl halides is 4. The molecule has 1 heterocycles. The second-order valence-electron chi connectivity index (χ2n) is 4.80. The summed E-state index contributed by atoms with van der Waals surface area (Å²) in [6, 6.07) is 3.88. The molecule has 1 unspecified atom stereocenters. The van der Waals surface area contributed by atoms with Crippen molar-refractivity contribution in [1.29, 1.82) is 0 Å². The third kappa shape index (κ3) is 2.77. The van der Waals surface area contributed by atoms with E-state index in [2.05, 4.69) is 4.98 Å². The molecule has 2 nitrogen and oxygen atoms in total. The fraction of sp³-hybridized carbons (Fsp3) is 0.500. The Morgan fingerprint density at radius 2 is 2.05 bits per heavy atom. The zero-order valence-corrected chi connectivity index (χ0v) is 12.1. The Kier molecular flexibility index (Phi) is 4.28. The molecule has 0 saturated heterocycles. The van der Waals surface area contributed by atoms with E-state index in [1.807, 2.05) is 18.4 Å². The maximum atomic E-state index is 12.7. The molecule has 1 aromatic carbocycles. The van der Waals surface area contributed by atoms with Gasteiger partial charge in [0.05, 0.1) is 16.6 Å². The van der Waals surface area contributed by atoms with E-state index in [-0.39, 0.29) is 6.04 Å². The van der Waals surface area contributed by atoms with Crippen molar-refractivity contribution in [2.75, 3.05) is 5.88 Å². The van der Waals surface area contributed by atoms with Gasteiger partial charge in [0.15, 0.2) is 0 Å². The van der Waals surface area contributed by atoms with Crippen LogP contribution in [0.4, 0.5) is 13.2 Å². The van der Waals surface area contributed by atoms with Crippen LogP contribution in [-0.2, 0) is 12.6 Å². The van der Waals surface area contributed by atoms with Gasteiger partial charge in [-0.2, -0.15) is 13.2 Å². The molecule has 0 amide bonds. The van der Waals surface area contributed by atoms with Crippen LogP contribution in [0.1, 0.15) is 37.7 Å². The second-order valence-corrected chi connectivity index (χ2v) is 5.17. The van der Waals surface area contributed by atoms with E-state index in [1.165, 1.54) is 6.07 Å². The van der Waals surface area contributed by atoms with Crippen molar-refractivity contribution in [1.82, 2.24) is 9.55 Å². The summed E-state index contributed by atoms with van der Waals surface area (Å²) in [5, 5.41) is 0. The van der Waals surface area contributed by atoms with E-state index in [1.54, 1.807) is 0 Å². The van der Waals surface area contributed by atoms with Gasteiger partial charge in [0.1, 0.15) is 5.82 Å². The summed E-state index contributed by atoms with van der Waals surface area (Å²) in [4.78, 5) is 4.32. The van der Waals surface area contributed by atoms with Crippen LogP contribution in [-0.4, -0.2) is 15.4 Å². The second kappa shape index (κ2) is 5.64. The van der Waals surface area contributed by atoms with E-state index >= 15 is 0 Å². The molecule has 2 aromatic rings. The number of aryl methyl sites for hydroxylation is 1. The summed E-state index contributed by atoms with van der Waals surface area (Å²) in [5.41, 5.74) is 0.434. The third-order valence-corrected chi connectivity index (χ3v) is 3.63. The maximum Gasteiger partial charge on any atom is 0.416 e. The molecule has 0 aliphatic carbocycles. The zero-order valence-electron chi connectivity index (χ0n) is 11.3. The highest BCUT2D eigenvalue weighted by Crippen LogP contribution is 2.32. The molecular formula is C14H16ClF3N2. The summed E-state index contributed by atoms with van der Waals surface area (Å²) in [5.74, 6) is 1.13. The number of aromatic nitrogens is 2. The number of fused-ring (bicyclic) bond motifs is 1. The fourth-order valence-corrected chi connectivity index (χ4v) is 2.43. The minimum absolute atomic E-state index is 0.176. The summed E-state index contributed by atoms with van der Waals surface area (Å²) < 4.78 is 40.2. The zero-order chi connectivity index (χ0) is 14.9. The smallest absolute Gasteiger partial charge is 0.325 e. The predicted octanol–water partition coefficient (Wildman–Crippen LogP) is 4.81. The monoisotopic (exact) mass is 304 g/mol. The Balaban J connectivity index is 2.61. The van der Waals surface area contributed by atoms with Gasteiger partial charge >= 0.3 is 6.18 Å². The van der Waals surface area contributed by atoms with Gasteiger partial charge in [-0.15, -0.1) is 11.6 Å². The summed E-state index contributed by atoms with van der Waals surface area (Å²) in [6.07, 6.45) is -2.93.